The summed E-state index contributed by atoms with van der Waals surface area (Å²) in [6.45, 7) is 6.76. The minimum Gasteiger partial charge on any atom is -0.307 e. The van der Waals surface area contributed by atoms with Crippen molar-refractivity contribution >= 4 is 0 Å². The second kappa shape index (κ2) is 3.70. The number of hydrogen-bond donors (Lipinski definition) is 1. The summed E-state index contributed by atoms with van der Waals surface area (Å²) >= 11 is 0. The number of hydrogen-bond acceptors (Lipinski definition) is 2. The SMILES string of the molecule is CC1Cc2ccncc2C(C(C)C)N1. The average Bonchev–Trinajstić information content (AvgIpc) is 2.16. The Hall–Kier alpha value is -0.890. The standard InChI is InChI=1S/C12H18N2/c1-8(2)12-11-7-13-5-4-10(11)6-9(3)14-12/h4-5,7-9,12,14H,6H2,1-3H3. The molecule has 0 radical (unpaired) electrons. The first-order chi connectivity index (χ1) is 6.68. The van der Waals surface area contributed by atoms with Crippen LogP contribution in [0.4, 0.5) is 0 Å². The highest BCUT2D eigenvalue weighted by atomic mass is 15.0. The molecule has 0 amide bonds. The summed E-state index contributed by atoms with van der Waals surface area (Å²) in [5.74, 6) is 0.626. The van der Waals surface area contributed by atoms with Crippen molar-refractivity contribution in [2.24, 2.45) is 5.92 Å². The van der Waals surface area contributed by atoms with Gasteiger partial charge in [0.2, 0.25) is 0 Å². The molecule has 14 heavy (non-hydrogen) atoms. The van der Waals surface area contributed by atoms with Crippen LogP contribution in [0.3, 0.4) is 0 Å². The maximum atomic E-state index is 4.22. The van der Waals surface area contributed by atoms with Gasteiger partial charge in [-0.1, -0.05) is 13.8 Å². The van der Waals surface area contributed by atoms with Crippen molar-refractivity contribution in [1.82, 2.24) is 10.3 Å². The molecule has 0 fully saturated rings. The lowest BCUT2D eigenvalue weighted by Crippen LogP contribution is -2.39. The highest BCUT2D eigenvalue weighted by molar-refractivity contribution is 5.30. The molecule has 2 nitrogen and oxygen atoms in total. The lowest BCUT2D eigenvalue weighted by Gasteiger charge is -2.33. The van der Waals surface area contributed by atoms with Gasteiger partial charge in [-0.2, -0.15) is 0 Å². The van der Waals surface area contributed by atoms with Gasteiger partial charge in [0.05, 0.1) is 0 Å². The number of aromatic nitrogens is 1. The Morgan fingerprint density at radius 3 is 3.00 bits per heavy atom. The van der Waals surface area contributed by atoms with Crippen LogP contribution in [0.2, 0.25) is 0 Å². The van der Waals surface area contributed by atoms with E-state index in [9.17, 15) is 0 Å². The monoisotopic (exact) mass is 190 g/mol. The van der Waals surface area contributed by atoms with Crippen molar-refractivity contribution in [1.29, 1.82) is 0 Å². The summed E-state index contributed by atoms with van der Waals surface area (Å²) < 4.78 is 0. The van der Waals surface area contributed by atoms with Crippen LogP contribution >= 0.6 is 0 Å². The van der Waals surface area contributed by atoms with E-state index in [0.29, 0.717) is 18.0 Å². The average molecular weight is 190 g/mol. The van der Waals surface area contributed by atoms with Crippen molar-refractivity contribution in [3.05, 3.63) is 29.6 Å². The van der Waals surface area contributed by atoms with Crippen LogP contribution in [-0.4, -0.2) is 11.0 Å². The molecular formula is C12H18N2. The number of nitrogens with zero attached hydrogens (tertiary/aromatic N) is 1. The van der Waals surface area contributed by atoms with Crippen molar-refractivity contribution in [3.8, 4) is 0 Å². The van der Waals surface area contributed by atoms with E-state index in [1.54, 1.807) is 0 Å². The highest BCUT2D eigenvalue weighted by Gasteiger charge is 2.25. The van der Waals surface area contributed by atoms with Crippen LogP contribution in [0.15, 0.2) is 18.5 Å². The molecule has 2 rings (SSSR count). The largest absolute Gasteiger partial charge is 0.307 e. The quantitative estimate of drug-likeness (QED) is 0.735. The first-order valence-corrected chi connectivity index (χ1v) is 5.37. The number of nitrogens with one attached hydrogen (secondary N) is 1. The molecule has 2 heterocycles. The van der Waals surface area contributed by atoms with E-state index in [0.717, 1.165) is 6.42 Å². The molecule has 2 unspecified atom stereocenters. The summed E-state index contributed by atoms with van der Waals surface area (Å²) in [4.78, 5) is 4.22. The number of fused-ring (bicyclic) bond motifs is 1. The molecule has 1 aromatic heterocycles. The zero-order valence-electron chi connectivity index (χ0n) is 9.12. The van der Waals surface area contributed by atoms with Crippen LogP contribution in [-0.2, 0) is 6.42 Å². The van der Waals surface area contributed by atoms with Crippen molar-refractivity contribution in [3.63, 3.8) is 0 Å². The van der Waals surface area contributed by atoms with Crippen molar-refractivity contribution in [2.75, 3.05) is 0 Å². The Morgan fingerprint density at radius 1 is 1.50 bits per heavy atom. The molecule has 0 saturated carbocycles. The summed E-state index contributed by atoms with van der Waals surface area (Å²) in [5, 5.41) is 3.63. The van der Waals surface area contributed by atoms with Gasteiger partial charge in [0, 0.05) is 24.5 Å². The fraction of sp³-hybridized carbons (Fsp3) is 0.583. The summed E-state index contributed by atoms with van der Waals surface area (Å²) in [7, 11) is 0. The van der Waals surface area contributed by atoms with E-state index >= 15 is 0 Å². The summed E-state index contributed by atoms with van der Waals surface area (Å²) in [6.07, 6.45) is 5.04. The molecule has 0 bridgehead atoms. The molecule has 1 aromatic rings. The second-order valence-electron chi connectivity index (χ2n) is 4.57. The molecule has 0 aromatic carbocycles. The third-order valence-electron chi connectivity index (χ3n) is 2.94. The topological polar surface area (TPSA) is 24.9 Å². The third-order valence-corrected chi connectivity index (χ3v) is 2.94. The van der Waals surface area contributed by atoms with Gasteiger partial charge in [0.15, 0.2) is 0 Å². The Kier molecular flexibility index (Phi) is 2.55. The Bertz CT molecular complexity index is 320. The van der Waals surface area contributed by atoms with Crippen LogP contribution in [0, 0.1) is 5.92 Å². The van der Waals surface area contributed by atoms with Crippen molar-refractivity contribution in [2.45, 2.75) is 39.3 Å². The first-order valence-electron chi connectivity index (χ1n) is 5.37. The van der Waals surface area contributed by atoms with E-state index in [1.807, 2.05) is 12.4 Å². The van der Waals surface area contributed by atoms with Gasteiger partial charge >= 0.3 is 0 Å². The van der Waals surface area contributed by atoms with Gasteiger partial charge in [0.25, 0.3) is 0 Å². The fourth-order valence-electron chi connectivity index (χ4n) is 2.24. The molecular weight excluding hydrogens is 172 g/mol. The Morgan fingerprint density at radius 2 is 2.29 bits per heavy atom. The lowest BCUT2D eigenvalue weighted by molar-refractivity contribution is 0.345. The second-order valence-corrected chi connectivity index (χ2v) is 4.57. The van der Waals surface area contributed by atoms with E-state index in [1.165, 1.54) is 11.1 Å². The van der Waals surface area contributed by atoms with E-state index < -0.39 is 0 Å². The van der Waals surface area contributed by atoms with E-state index in [2.05, 4.69) is 37.1 Å². The van der Waals surface area contributed by atoms with Crippen LogP contribution in [0.5, 0.6) is 0 Å². The summed E-state index contributed by atoms with van der Waals surface area (Å²) in [6, 6.07) is 3.21. The molecule has 2 heteroatoms. The minimum atomic E-state index is 0.474. The van der Waals surface area contributed by atoms with Crippen molar-refractivity contribution < 1.29 is 0 Å². The van der Waals surface area contributed by atoms with Gasteiger partial charge in [-0.25, -0.2) is 0 Å². The molecule has 1 N–H and O–H groups in total. The third kappa shape index (κ3) is 1.67. The van der Waals surface area contributed by atoms with Crippen LogP contribution < -0.4 is 5.32 Å². The normalized spacial score (nSPS) is 26.3. The zero-order chi connectivity index (χ0) is 10.1. The maximum absolute atomic E-state index is 4.22. The van der Waals surface area contributed by atoms with Gasteiger partial charge in [0.1, 0.15) is 0 Å². The first kappa shape index (κ1) is 9.66. The molecule has 0 spiro atoms. The molecule has 76 valence electrons. The number of pyridine rings is 1. The summed E-state index contributed by atoms with van der Waals surface area (Å²) in [5.41, 5.74) is 2.85. The van der Waals surface area contributed by atoms with E-state index in [4.69, 9.17) is 0 Å². The van der Waals surface area contributed by atoms with Gasteiger partial charge in [-0.05, 0) is 36.5 Å². The Balaban J connectivity index is 2.38. The molecule has 1 aliphatic rings. The van der Waals surface area contributed by atoms with Gasteiger partial charge in [-0.3, -0.25) is 4.98 Å². The van der Waals surface area contributed by atoms with Gasteiger partial charge < -0.3 is 5.32 Å². The fourth-order valence-corrected chi connectivity index (χ4v) is 2.24. The predicted molar refractivity (Wildman–Crippen MR) is 58.1 cm³/mol. The minimum absolute atomic E-state index is 0.474. The van der Waals surface area contributed by atoms with Gasteiger partial charge in [-0.15, -0.1) is 0 Å². The Labute approximate surface area is 85.7 Å². The molecule has 0 aliphatic carbocycles. The maximum Gasteiger partial charge on any atom is 0.0363 e. The lowest BCUT2D eigenvalue weighted by atomic mass is 9.87. The predicted octanol–water partition coefficient (Wildman–Crippen LogP) is 2.31. The molecule has 0 saturated heterocycles. The number of rotatable bonds is 1. The van der Waals surface area contributed by atoms with Crippen LogP contribution in [0.1, 0.15) is 37.9 Å². The molecule has 2 atom stereocenters. The highest BCUT2D eigenvalue weighted by Crippen LogP contribution is 2.29. The van der Waals surface area contributed by atoms with E-state index in [-0.39, 0.29) is 0 Å². The zero-order valence-corrected chi connectivity index (χ0v) is 9.12. The van der Waals surface area contributed by atoms with Crippen LogP contribution in [0.25, 0.3) is 0 Å². The molecule has 1 aliphatic heterocycles. The smallest absolute Gasteiger partial charge is 0.0363 e.